The van der Waals surface area contributed by atoms with Crippen molar-refractivity contribution < 1.29 is 0 Å². The van der Waals surface area contributed by atoms with Gasteiger partial charge in [0.15, 0.2) is 0 Å². The second-order valence-corrected chi connectivity index (χ2v) is 5.90. The van der Waals surface area contributed by atoms with Crippen molar-refractivity contribution in [3.8, 4) is 0 Å². The summed E-state index contributed by atoms with van der Waals surface area (Å²) < 4.78 is 0. The fourth-order valence-corrected chi connectivity index (χ4v) is 3.65. The van der Waals surface area contributed by atoms with Gasteiger partial charge in [0.05, 0.1) is 0 Å². The van der Waals surface area contributed by atoms with E-state index in [0.29, 0.717) is 0 Å². The van der Waals surface area contributed by atoms with Gasteiger partial charge >= 0.3 is 0 Å². The summed E-state index contributed by atoms with van der Waals surface area (Å²) in [5.41, 5.74) is 3.07. The second-order valence-electron chi connectivity index (χ2n) is 5.90. The van der Waals surface area contributed by atoms with Gasteiger partial charge in [0.2, 0.25) is 0 Å². The van der Waals surface area contributed by atoms with E-state index in [1.54, 1.807) is 0 Å². The topological polar surface area (TPSA) is 0 Å². The number of fused-ring (bicyclic) bond motifs is 6. The smallest absolute Gasteiger partial charge is 0.00990 e. The molecule has 20 heavy (non-hydrogen) atoms. The summed E-state index contributed by atoms with van der Waals surface area (Å²) in [4.78, 5) is 0. The molecule has 0 aliphatic heterocycles. The van der Waals surface area contributed by atoms with Crippen LogP contribution in [0.3, 0.4) is 0 Å². The van der Waals surface area contributed by atoms with Gasteiger partial charge in [-0.2, -0.15) is 0 Å². The third kappa shape index (κ3) is 1.48. The lowest BCUT2D eigenvalue weighted by Crippen LogP contribution is -2.33. The molecule has 3 aromatic rings. The summed E-state index contributed by atoms with van der Waals surface area (Å²) in [6, 6.07) is 17.7. The highest BCUT2D eigenvalue weighted by atomic mass is 14.2. The highest BCUT2D eigenvalue weighted by Gasteiger charge is 2.12. The fourth-order valence-electron chi connectivity index (χ4n) is 3.65. The fraction of sp³-hybridized carbons (Fsp3) is 0.200. The molecule has 0 bridgehead atoms. The van der Waals surface area contributed by atoms with E-state index < -0.39 is 0 Å². The quantitative estimate of drug-likeness (QED) is 0.532. The Balaban J connectivity index is 2.51. The van der Waals surface area contributed by atoms with Crippen molar-refractivity contribution in [2.75, 3.05) is 0 Å². The van der Waals surface area contributed by atoms with E-state index in [1.165, 1.54) is 56.0 Å². The third-order valence-electron chi connectivity index (χ3n) is 4.66. The van der Waals surface area contributed by atoms with Crippen LogP contribution in [0.25, 0.3) is 32.7 Å². The molecule has 0 saturated heterocycles. The highest BCUT2D eigenvalue weighted by Crippen LogP contribution is 2.24. The maximum absolute atomic E-state index is 2.30. The van der Waals surface area contributed by atoms with Gasteiger partial charge < -0.3 is 0 Å². The first-order valence-electron chi connectivity index (χ1n) is 7.36. The van der Waals surface area contributed by atoms with Crippen molar-refractivity contribution in [3.63, 3.8) is 0 Å². The minimum atomic E-state index is 1.20. The molecule has 0 saturated carbocycles. The molecule has 0 amide bonds. The Kier molecular flexibility index (Phi) is 2.47. The standard InChI is InChI=1S/C20H18/c1-13-11-12-14(2)20-18-10-6-4-8-16(18)15-7-3-5-9-17(15)19(13)20/h3-10H,11-12H2,1-2H3. The maximum atomic E-state index is 2.30. The second kappa shape index (κ2) is 4.21. The summed E-state index contributed by atoms with van der Waals surface area (Å²) >= 11 is 0. The van der Waals surface area contributed by atoms with Gasteiger partial charge in [-0.25, -0.2) is 0 Å². The molecule has 98 valence electrons. The normalized spacial score (nSPS) is 14.9. The van der Waals surface area contributed by atoms with Crippen LogP contribution in [0.1, 0.15) is 26.7 Å². The van der Waals surface area contributed by atoms with Crippen molar-refractivity contribution in [3.05, 3.63) is 59.0 Å². The summed E-state index contributed by atoms with van der Waals surface area (Å²) in [5, 5.41) is 8.58. The monoisotopic (exact) mass is 258 g/mol. The maximum Gasteiger partial charge on any atom is -0.00990 e. The van der Waals surface area contributed by atoms with E-state index in [0.717, 1.165) is 0 Å². The van der Waals surface area contributed by atoms with Crippen LogP contribution in [0.2, 0.25) is 0 Å². The van der Waals surface area contributed by atoms with Crippen molar-refractivity contribution in [2.45, 2.75) is 26.7 Å². The molecule has 0 atom stereocenters. The number of rotatable bonds is 0. The Labute approximate surface area is 119 Å². The van der Waals surface area contributed by atoms with E-state index >= 15 is 0 Å². The number of hydrogen-bond donors (Lipinski definition) is 0. The van der Waals surface area contributed by atoms with Crippen LogP contribution in [0.5, 0.6) is 0 Å². The summed E-state index contributed by atoms with van der Waals surface area (Å²) in [6.07, 6.45) is 2.39. The Morgan fingerprint density at radius 1 is 0.550 bits per heavy atom. The molecule has 0 radical (unpaired) electrons. The predicted octanol–water partition coefficient (Wildman–Crippen LogP) is 4.13. The van der Waals surface area contributed by atoms with Gasteiger partial charge in [-0.3, -0.25) is 0 Å². The first-order valence-corrected chi connectivity index (χ1v) is 7.36. The Morgan fingerprint density at radius 3 is 1.30 bits per heavy atom. The van der Waals surface area contributed by atoms with Gasteiger partial charge in [0, 0.05) is 0 Å². The highest BCUT2D eigenvalue weighted by molar-refractivity contribution is 6.08. The van der Waals surface area contributed by atoms with Crippen LogP contribution in [0.15, 0.2) is 48.5 Å². The minimum Gasteiger partial charge on any atom is -0.0645 e. The zero-order valence-electron chi connectivity index (χ0n) is 12.0. The molecule has 0 N–H and O–H groups in total. The molecule has 1 aliphatic carbocycles. The van der Waals surface area contributed by atoms with E-state index in [4.69, 9.17) is 0 Å². The average Bonchev–Trinajstić information content (AvgIpc) is 2.50. The first-order chi connectivity index (χ1) is 9.77. The van der Waals surface area contributed by atoms with E-state index in [1.807, 2.05) is 0 Å². The average molecular weight is 258 g/mol. The predicted molar refractivity (Wildman–Crippen MR) is 88.1 cm³/mol. The minimum absolute atomic E-state index is 1.20. The largest absolute Gasteiger partial charge is 0.0645 e. The molecular formula is C20H18. The van der Waals surface area contributed by atoms with E-state index in [9.17, 15) is 0 Å². The summed E-state index contributed by atoms with van der Waals surface area (Å²) in [7, 11) is 0. The number of hydrogen-bond acceptors (Lipinski definition) is 0. The third-order valence-corrected chi connectivity index (χ3v) is 4.66. The van der Waals surface area contributed by atoms with Crippen molar-refractivity contribution in [1.29, 1.82) is 0 Å². The van der Waals surface area contributed by atoms with Gasteiger partial charge in [0.25, 0.3) is 0 Å². The van der Waals surface area contributed by atoms with E-state index in [2.05, 4.69) is 62.4 Å². The van der Waals surface area contributed by atoms with Crippen LogP contribution in [-0.4, -0.2) is 0 Å². The molecule has 0 nitrogen and oxygen atoms in total. The molecule has 1 aliphatic rings. The van der Waals surface area contributed by atoms with Crippen LogP contribution in [-0.2, 0) is 0 Å². The lowest BCUT2D eigenvalue weighted by atomic mass is 9.88. The molecule has 3 aromatic carbocycles. The molecule has 4 rings (SSSR count). The molecule has 0 unspecified atom stereocenters. The zero-order chi connectivity index (χ0) is 13.7. The first kappa shape index (κ1) is 11.7. The zero-order valence-corrected chi connectivity index (χ0v) is 12.0. The van der Waals surface area contributed by atoms with Crippen LogP contribution >= 0.6 is 0 Å². The van der Waals surface area contributed by atoms with Crippen molar-refractivity contribution in [1.82, 2.24) is 0 Å². The number of benzene rings is 3. The van der Waals surface area contributed by atoms with Crippen molar-refractivity contribution >= 4 is 32.7 Å². The molecule has 0 fully saturated rings. The Hall–Kier alpha value is -2.08. The van der Waals surface area contributed by atoms with Crippen LogP contribution in [0, 0.1) is 0 Å². The lowest BCUT2D eigenvalue weighted by Gasteiger charge is -2.16. The summed E-state index contributed by atoms with van der Waals surface area (Å²) in [6.45, 7) is 4.60. The Morgan fingerprint density at radius 2 is 0.900 bits per heavy atom. The van der Waals surface area contributed by atoms with Gasteiger partial charge in [-0.1, -0.05) is 59.7 Å². The molecule has 0 heteroatoms. The van der Waals surface area contributed by atoms with Crippen LogP contribution < -0.4 is 10.4 Å². The molecule has 0 spiro atoms. The van der Waals surface area contributed by atoms with E-state index in [-0.39, 0.29) is 0 Å². The Bertz CT molecular complexity index is 878. The van der Waals surface area contributed by atoms with Gasteiger partial charge in [0.1, 0.15) is 0 Å². The summed E-state index contributed by atoms with van der Waals surface area (Å²) in [5.74, 6) is 0. The molecular weight excluding hydrogens is 240 g/mol. The van der Waals surface area contributed by atoms with Gasteiger partial charge in [-0.15, -0.1) is 0 Å². The lowest BCUT2D eigenvalue weighted by molar-refractivity contribution is 1.03. The van der Waals surface area contributed by atoms with Crippen molar-refractivity contribution in [2.24, 2.45) is 0 Å². The van der Waals surface area contributed by atoms with Gasteiger partial charge in [-0.05, 0) is 58.7 Å². The molecule has 0 heterocycles. The molecule has 0 aromatic heterocycles. The SMILES string of the molecule is CC1=c2c(c3ccccc3c3ccccc23)=C(C)CC1. The van der Waals surface area contributed by atoms with Crippen LogP contribution in [0.4, 0.5) is 0 Å².